The Morgan fingerprint density at radius 1 is 1.48 bits per heavy atom. The van der Waals surface area contributed by atoms with Gasteiger partial charge in [0.15, 0.2) is 0 Å². The number of nitrogens with one attached hydrogen (secondary N) is 2. The molecule has 2 aromatic rings. The van der Waals surface area contributed by atoms with Crippen LogP contribution in [0.25, 0.3) is 0 Å². The Kier molecular flexibility index (Phi) is 4.52. The molecule has 0 bridgehead atoms. The predicted octanol–water partition coefficient (Wildman–Crippen LogP) is 2.73. The van der Waals surface area contributed by atoms with Crippen molar-refractivity contribution in [2.24, 2.45) is 5.92 Å². The number of ether oxygens (including phenoxy) is 1. The fourth-order valence-corrected chi connectivity index (χ4v) is 3.02. The van der Waals surface area contributed by atoms with Crippen LogP contribution in [0.2, 0.25) is 0 Å². The van der Waals surface area contributed by atoms with E-state index in [2.05, 4.69) is 21.8 Å². The van der Waals surface area contributed by atoms with Crippen LogP contribution in [-0.4, -0.2) is 30.0 Å². The van der Waals surface area contributed by atoms with Crippen molar-refractivity contribution in [3.8, 4) is 5.75 Å². The van der Waals surface area contributed by atoms with E-state index in [0.717, 1.165) is 36.7 Å². The molecule has 2 atom stereocenters. The van der Waals surface area contributed by atoms with Crippen LogP contribution in [0, 0.1) is 18.7 Å². The highest BCUT2D eigenvalue weighted by molar-refractivity contribution is 5.38. The highest BCUT2D eigenvalue weighted by atomic mass is 19.1. The van der Waals surface area contributed by atoms with Gasteiger partial charge in [-0.15, -0.1) is 0 Å². The van der Waals surface area contributed by atoms with Gasteiger partial charge in [0.1, 0.15) is 17.4 Å². The van der Waals surface area contributed by atoms with E-state index in [9.17, 15) is 4.39 Å². The molecule has 1 aromatic heterocycles. The van der Waals surface area contributed by atoms with Crippen LogP contribution in [0.5, 0.6) is 5.75 Å². The molecule has 1 aromatic carbocycles. The van der Waals surface area contributed by atoms with Gasteiger partial charge in [-0.2, -0.15) is 5.10 Å². The van der Waals surface area contributed by atoms with Crippen LogP contribution in [0.15, 0.2) is 24.3 Å². The average molecular weight is 318 g/mol. The molecule has 1 aliphatic rings. The van der Waals surface area contributed by atoms with Gasteiger partial charge in [-0.05, 0) is 32.0 Å². The van der Waals surface area contributed by atoms with Crippen LogP contribution < -0.4 is 15.4 Å². The number of aryl methyl sites for hydroxylation is 1. The second-order valence-corrected chi connectivity index (χ2v) is 6.12. The number of benzene rings is 1. The molecule has 124 valence electrons. The van der Waals surface area contributed by atoms with Crippen LogP contribution in [0.1, 0.15) is 24.2 Å². The van der Waals surface area contributed by atoms with Crippen LogP contribution >= 0.6 is 0 Å². The topological polar surface area (TPSA) is 51.1 Å². The smallest absolute Gasteiger partial charge is 0.124 e. The molecule has 0 saturated carbocycles. The third-order valence-corrected chi connectivity index (χ3v) is 4.28. The monoisotopic (exact) mass is 318 g/mol. The Hall–Kier alpha value is -2.08. The van der Waals surface area contributed by atoms with E-state index in [1.54, 1.807) is 13.2 Å². The lowest BCUT2D eigenvalue weighted by molar-refractivity contribution is 0.366. The van der Waals surface area contributed by atoms with E-state index in [1.807, 2.05) is 18.5 Å². The number of methoxy groups -OCH3 is 1. The van der Waals surface area contributed by atoms with Gasteiger partial charge in [0.05, 0.1) is 12.8 Å². The third kappa shape index (κ3) is 3.47. The molecule has 2 N–H and O–H groups in total. The number of aromatic nitrogens is 2. The van der Waals surface area contributed by atoms with E-state index < -0.39 is 0 Å². The maximum Gasteiger partial charge on any atom is 0.124 e. The van der Waals surface area contributed by atoms with Crippen molar-refractivity contribution in [2.75, 3.05) is 25.5 Å². The summed E-state index contributed by atoms with van der Waals surface area (Å²) in [7, 11) is 1.61. The lowest BCUT2D eigenvalue weighted by atomic mass is 10.0. The Balaban J connectivity index is 1.61. The summed E-state index contributed by atoms with van der Waals surface area (Å²) in [4.78, 5) is 0. The normalized spacial score (nSPS) is 18.2. The second-order valence-electron chi connectivity index (χ2n) is 6.12. The molecule has 0 amide bonds. The summed E-state index contributed by atoms with van der Waals surface area (Å²) in [6, 6.07) is 6.70. The van der Waals surface area contributed by atoms with Crippen LogP contribution in [-0.2, 0) is 6.54 Å². The van der Waals surface area contributed by atoms with Crippen molar-refractivity contribution in [3.63, 3.8) is 0 Å². The summed E-state index contributed by atoms with van der Waals surface area (Å²) in [6.45, 7) is 6.64. The van der Waals surface area contributed by atoms with Gasteiger partial charge in [-0.3, -0.25) is 0 Å². The Bertz CT molecular complexity index is 685. The first-order valence-electron chi connectivity index (χ1n) is 7.92. The van der Waals surface area contributed by atoms with E-state index >= 15 is 0 Å². The molecule has 0 unspecified atom stereocenters. The lowest BCUT2D eigenvalue weighted by Crippen LogP contribution is -2.36. The molecule has 23 heavy (non-hydrogen) atoms. The third-order valence-electron chi connectivity index (χ3n) is 4.28. The number of halogens is 1. The maximum absolute atomic E-state index is 13.5. The molecule has 1 aliphatic heterocycles. The van der Waals surface area contributed by atoms with E-state index in [1.165, 1.54) is 12.1 Å². The van der Waals surface area contributed by atoms with Gasteiger partial charge in [-0.25, -0.2) is 9.07 Å². The van der Waals surface area contributed by atoms with Crippen molar-refractivity contribution >= 4 is 5.82 Å². The molecule has 0 aliphatic carbocycles. The van der Waals surface area contributed by atoms with E-state index in [-0.39, 0.29) is 11.9 Å². The van der Waals surface area contributed by atoms with Crippen molar-refractivity contribution in [1.82, 2.24) is 15.1 Å². The number of nitrogens with zero attached hydrogens (tertiary/aromatic N) is 2. The summed E-state index contributed by atoms with van der Waals surface area (Å²) in [5, 5.41) is 11.4. The van der Waals surface area contributed by atoms with Crippen molar-refractivity contribution < 1.29 is 9.13 Å². The van der Waals surface area contributed by atoms with Crippen LogP contribution in [0.3, 0.4) is 0 Å². The van der Waals surface area contributed by atoms with Gasteiger partial charge in [-0.1, -0.05) is 0 Å². The van der Waals surface area contributed by atoms with Crippen molar-refractivity contribution in [3.05, 3.63) is 41.3 Å². The minimum atomic E-state index is -0.245. The number of anilines is 1. The fraction of sp³-hybridized carbons (Fsp3) is 0.471. The quantitative estimate of drug-likeness (QED) is 0.890. The van der Waals surface area contributed by atoms with Crippen molar-refractivity contribution in [2.45, 2.75) is 26.4 Å². The molecule has 0 saturated heterocycles. The molecule has 2 heterocycles. The molecular formula is C17H23FN4O. The summed E-state index contributed by atoms with van der Waals surface area (Å²) in [6.07, 6.45) is 0. The SMILES string of the molecule is COc1ccc(F)cc1[C@H](C)NC[C@@H]1CNc2cc(C)nn2C1. The first kappa shape index (κ1) is 15.8. The minimum Gasteiger partial charge on any atom is -0.496 e. The molecule has 5 nitrogen and oxygen atoms in total. The van der Waals surface area contributed by atoms with Gasteiger partial charge < -0.3 is 15.4 Å². The Labute approximate surface area is 135 Å². The summed E-state index contributed by atoms with van der Waals surface area (Å²) in [5.74, 6) is 1.98. The van der Waals surface area contributed by atoms with E-state index in [0.29, 0.717) is 11.7 Å². The van der Waals surface area contributed by atoms with Crippen molar-refractivity contribution in [1.29, 1.82) is 0 Å². The lowest BCUT2D eigenvalue weighted by Gasteiger charge is -2.27. The number of hydrogen-bond acceptors (Lipinski definition) is 4. The zero-order valence-electron chi connectivity index (χ0n) is 13.8. The molecule has 0 spiro atoms. The van der Waals surface area contributed by atoms with Gasteiger partial charge >= 0.3 is 0 Å². The summed E-state index contributed by atoms with van der Waals surface area (Å²) in [5.41, 5.74) is 1.87. The first-order chi connectivity index (χ1) is 11.1. The number of rotatable bonds is 5. The molecule has 3 rings (SSSR count). The second kappa shape index (κ2) is 6.58. The highest BCUT2D eigenvalue weighted by Gasteiger charge is 2.20. The summed E-state index contributed by atoms with van der Waals surface area (Å²) < 4.78 is 20.8. The van der Waals surface area contributed by atoms with Gasteiger partial charge in [0, 0.05) is 43.2 Å². The summed E-state index contributed by atoms with van der Waals surface area (Å²) >= 11 is 0. The zero-order chi connectivity index (χ0) is 16.4. The van der Waals surface area contributed by atoms with E-state index in [4.69, 9.17) is 4.74 Å². The molecule has 0 fully saturated rings. The molecule has 0 radical (unpaired) electrons. The maximum atomic E-state index is 13.5. The first-order valence-corrected chi connectivity index (χ1v) is 7.92. The largest absolute Gasteiger partial charge is 0.496 e. The number of hydrogen-bond donors (Lipinski definition) is 2. The minimum absolute atomic E-state index is 0.0152. The van der Waals surface area contributed by atoms with Gasteiger partial charge in [0.25, 0.3) is 0 Å². The average Bonchev–Trinajstić information content (AvgIpc) is 2.91. The Morgan fingerprint density at radius 3 is 3.09 bits per heavy atom. The number of fused-ring (bicyclic) bond motifs is 1. The van der Waals surface area contributed by atoms with Crippen LogP contribution in [0.4, 0.5) is 10.2 Å². The fourth-order valence-electron chi connectivity index (χ4n) is 3.02. The highest BCUT2D eigenvalue weighted by Crippen LogP contribution is 2.26. The zero-order valence-corrected chi connectivity index (χ0v) is 13.8. The van der Waals surface area contributed by atoms with Gasteiger partial charge in [0.2, 0.25) is 0 Å². The predicted molar refractivity (Wildman–Crippen MR) is 88.3 cm³/mol. The standard InChI is InChI=1S/C17H23FN4O/c1-11-6-17-20-9-13(10-22(17)21-11)8-19-12(2)15-7-14(18)4-5-16(15)23-3/h4-7,12-13,19-20H,8-10H2,1-3H3/t12-,13+/m0/s1. The molecule has 6 heteroatoms. The Morgan fingerprint density at radius 2 is 2.30 bits per heavy atom. The molecular weight excluding hydrogens is 295 g/mol.